The van der Waals surface area contributed by atoms with E-state index in [0.29, 0.717) is 0 Å². The van der Waals surface area contributed by atoms with Gasteiger partial charge < -0.3 is 6.15 Å². The monoisotopic (exact) mass is 146 g/mol. The van der Waals surface area contributed by atoms with Crippen molar-refractivity contribution in [1.82, 2.24) is 6.15 Å². The minimum absolute atomic E-state index is 0. The van der Waals surface area contributed by atoms with Crippen LogP contribution >= 0.6 is 9.90 Å². The molecule has 3 N–H and O–H groups in total. The SMILES string of the molecule is N.P.[Fe].[K]. The number of hydrogen-bond acceptors (Lipinski definition) is 1. The van der Waals surface area contributed by atoms with Crippen molar-refractivity contribution in [2.45, 2.75) is 0 Å². The molecule has 0 aliphatic rings. The summed E-state index contributed by atoms with van der Waals surface area (Å²) in [6.07, 6.45) is 0. The van der Waals surface area contributed by atoms with Crippen molar-refractivity contribution in [3.63, 3.8) is 0 Å². The predicted octanol–water partition coefficient (Wildman–Crippen LogP) is -0.163. The van der Waals surface area contributed by atoms with E-state index in [1.165, 1.54) is 0 Å². The molecule has 0 heterocycles. The van der Waals surface area contributed by atoms with Crippen LogP contribution in [0, 0.1) is 0 Å². The molecule has 0 aliphatic heterocycles. The van der Waals surface area contributed by atoms with E-state index in [1.807, 2.05) is 0 Å². The molecular weight excluding hydrogens is 140 g/mol. The second kappa shape index (κ2) is 17.7. The first-order valence-corrected chi connectivity index (χ1v) is 0. The summed E-state index contributed by atoms with van der Waals surface area (Å²) in [6, 6.07) is 0. The third kappa shape index (κ3) is 8.82. The van der Waals surface area contributed by atoms with Gasteiger partial charge in [0.2, 0.25) is 0 Å². The second-order valence-electron chi connectivity index (χ2n) is 0. The van der Waals surface area contributed by atoms with Gasteiger partial charge in [-0.15, -0.1) is 0 Å². The fourth-order valence-electron chi connectivity index (χ4n) is 0. The first-order valence-electron chi connectivity index (χ1n) is 0. The summed E-state index contributed by atoms with van der Waals surface area (Å²) in [6.45, 7) is 0. The van der Waals surface area contributed by atoms with E-state index < -0.39 is 0 Å². The Labute approximate surface area is 82.8 Å². The van der Waals surface area contributed by atoms with Gasteiger partial charge in [0.1, 0.15) is 0 Å². The van der Waals surface area contributed by atoms with Gasteiger partial charge in [0.25, 0.3) is 0 Å². The van der Waals surface area contributed by atoms with Crippen molar-refractivity contribution in [2.75, 3.05) is 0 Å². The van der Waals surface area contributed by atoms with Crippen molar-refractivity contribution in [3.8, 4) is 0 Å². The molecule has 1 radical (unpaired) electrons. The maximum atomic E-state index is 0. The molecule has 0 fully saturated rings. The van der Waals surface area contributed by atoms with Crippen molar-refractivity contribution in [3.05, 3.63) is 0 Å². The van der Waals surface area contributed by atoms with Crippen molar-refractivity contribution in [1.29, 1.82) is 0 Å². The minimum Gasteiger partial charge on any atom is -0.344 e. The van der Waals surface area contributed by atoms with E-state index in [-0.39, 0.29) is 84.5 Å². The van der Waals surface area contributed by atoms with Gasteiger partial charge in [-0.1, -0.05) is 0 Å². The summed E-state index contributed by atoms with van der Waals surface area (Å²) < 4.78 is 0. The topological polar surface area (TPSA) is 35.0 Å². The van der Waals surface area contributed by atoms with E-state index in [2.05, 4.69) is 0 Å². The molecule has 0 aromatic rings. The largest absolute Gasteiger partial charge is 0.344 e. The van der Waals surface area contributed by atoms with Crippen LogP contribution in [-0.2, 0) is 17.1 Å². The number of rotatable bonds is 0. The number of hydrogen-bond donors (Lipinski definition) is 1. The average Bonchev–Trinajstić information content (AvgIpc) is 0. The minimum atomic E-state index is 0. The van der Waals surface area contributed by atoms with Gasteiger partial charge in [0.05, 0.1) is 0 Å². The normalized spacial score (nSPS) is 0. The Morgan fingerprint density at radius 1 is 1.00 bits per heavy atom. The molecule has 0 aromatic heterocycles. The molecule has 0 rings (SSSR count). The molecule has 1 nitrogen and oxygen atoms in total. The molecule has 0 bridgehead atoms. The summed E-state index contributed by atoms with van der Waals surface area (Å²) in [4.78, 5) is 0. The zero-order valence-corrected chi connectivity index (χ0v) is 8.41. The first kappa shape index (κ1) is 31.1. The van der Waals surface area contributed by atoms with Crippen molar-refractivity contribution < 1.29 is 17.1 Å². The van der Waals surface area contributed by atoms with Crippen LogP contribution in [0.1, 0.15) is 0 Å². The third-order valence-electron chi connectivity index (χ3n) is 0. The maximum Gasteiger partial charge on any atom is 0 e. The average molecular weight is 146 g/mol. The fraction of sp³-hybridized carbons (Fsp3) is 0. The van der Waals surface area contributed by atoms with E-state index >= 15 is 0 Å². The van der Waals surface area contributed by atoms with Crippen LogP contribution in [0.25, 0.3) is 0 Å². The van der Waals surface area contributed by atoms with E-state index in [9.17, 15) is 0 Å². The molecule has 0 spiro atoms. The summed E-state index contributed by atoms with van der Waals surface area (Å²) in [5.74, 6) is 0. The molecule has 4 heteroatoms. The second-order valence-corrected chi connectivity index (χ2v) is 0. The Bertz CT molecular complexity index is 8.00. The van der Waals surface area contributed by atoms with Gasteiger partial charge in [-0.25, -0.2) is 0 Å². The summed E-state index contributed by atoms with van der Waals surface area (Å²) >= 11 is 0. The first-order chi connectivity index (χ1) is 0. The third-order valence-corrected chi connectivity index (χ3v) is 0. The molecule has 0 saturated carbocycles. The van der Waals surface area contributed by atoms with Crippen LogP contribution in [-0.4, -0.2) is 51.4 Å². The molecule has 25 valence electrons. The Hall–Kier alpha value is 2.55. The smallest absolute Gasteiger partial charge is 0 e. The molecule has 0 amide bonds. The molecule has 1 unspecified atom stereocenters. The van der Waals surface area contributed by atoms with Crippen LogP contribution in [0.3, 0.4) is 0 Å². The molecule has 0 aliphatic carbocycles. The van der Waals surface area contributed by atoms with E-state index in [0.717, 1.165) is 0 Å². The van der Waals surface area contributed by atoms with Crippen molar-refractivity contribution >= 4 is 61.3 Å². The van der Waals surface area contributed by atoms with Gasteiger partial charge >= 0.3 is 0 Å². The van der Waals surface area contributed by atoms with E-state index in [1.54, 1.807) is 0 Å². The Morgan fingerprint density at radius 3 is 1.00 bits per heavy atom. The predicted molar refractivity (Wildman–Crippen MR) is 21.9 cm³/mol. The zero-order valence-electron chi connectivity index (χ0n) is 2.77. The molecular formula is H6FeKNP. The standard InChI is InChI=1S/Fe.K.H3N.H3P/h;;2*1H3. The Kier molecular flexibility index (Phi) is 137. The Morgan fingerprint density at radius 2 is 1.00 bits per heavy atom. The van der Waals surface area contributed by atoms with Crippen LogP contribution in [0.2, 0.25) is 0 Å². The van der Waals surface area contributed by atoms with Gasteiger partial charge in [-0.3, -0.25) is 0 Å². The van der Waals surface area contributed by atoms with Gasteiger partial charge in [0, 0.05) is 68.5 Å². The van der Waals surface area contributed by atoms with Crippen LogP contribution < -0.4 is 6.15 Å². The van der Waals surface area contributed by atoms with Crippen LogP contribution in [0.15, 0.2) is 0 Å². The molecule has 0 aromatic carbocycles. The fourth-order valence-corrected chi connectivity index (χ4v) is 0. The summed E-state index contributed by atoms with van der Waals surface area (Å²) in [5.41, 5.74) is 0. The van der Waals surface area contributed by atoms with Gasteiger partial charge in [0.15, 0.2) is 0 Å². The zero-order chi connectivity index (χ0) is 0. The quantitative estimate of drug-likeness (QED) is 0.374. The van der Waals surface area contributed by atoms with Crippen LogP contribution in [0.5, 0.6) is 0 Å². The molecule has 0 saturated heterocycles. The van der Waals surface area contributed by atoms with Crippen LogP contribution in [0.4, 0.5) is 0 Å². The van der Waals surface area contributed by atoms with E-state index in [4.69, 9.17) is 0 Å². The molecule has 4 heavy (non-hydrogen) atoms. The maximum absolute atomic E-state index is 0. The van der Waals surface area contributed by atoms with Gasteiger partial charge in [-0.2, -0.15) is 9.90 Å². The molecule has 1 atom stereocenters. The Balaban J connectivity index is 0. The van der Waals surface area contributed by atoms with Gasteiger partial charge in [-0.05, 0) is 0 Å². The summed E-state index contributed by atoms with van der Waals surface area (Å²) in [7, 11) is 0. The van der Waals surface area contributed by atoms with Crippen molar-refractivity contribution in [2.24, 2.45) is 0 Å². The summed E-state index contributed by atoms with van der Waals surface area (Å²) in [5, 5.41) is 0.